The van der Waals surface area contributed by atoms with E-state index >= 15 is 0 Å². The first-order valence-corrected chi connectivity index (χ1v) is 11.5. The molecule has 3 N–H and O–H groups in total. The first kappa shape index (κ1) is 24.2. The average Bonchev–Trinajstić information content (AvgIpc) is 2.81. The van der Waals surface area contributed by atoms with Gasteiger partial charge >= 0.3 is 5.97 Å². The molecule has 0 radical (unpaired) electrons. The zero-order valence-corrected chi connectivity index (χ0v) is 19.4. The number of aromatic carboxylic acids is 1. The van der Waals surface area contributed by atoms with E-state index in [0.29, 0.717) is 48.3 Å². The highest BCUT2D eigenvalue weighted by Crippen LogP contribution is 2.30. The molecule has 1 fully saturated rings. The van der Waals surface area contributed by atoms with Crippen molar-refractivity contribution in [2.75, 3.05) is 13.7 Å². The number of carboxylic acid groups (broad SMARTS) is 1. The quantitative estimate of drug-likeness (QED) is 0.467. The summed E-state index contributed by atoms with van der Waals surface area (Å²) >= 11 is 5.91. The van der Waals surface area contributed by atoms with Gasteiger partial charge in [-0.25, -0.2) is 9.18 Å². The molecule has 180 valence electrons. The van der Waals surface area contributed by atoms with Crippen molar-refractivity contribution in [3.63, 3.8) is 0 Å². The van der Waals surface area contributed by atoms with Gasteiger partial charge in [-0.05, 0) is 55.0 Å². The van der Waals surface area contributed by atoms with E-state index < -0.39 is 23.4 Å². The second-order valence-corrected chi connectivity index (χ2v) is 9.00. The third-order valence-corrected chi connectivity index (χ3v) is 6.68. The predicted molar refractivity (Wildman–Crippen MR) is 127 cm³/mol. The van der Waals surface area contributed by atoms with E-state index in [1.165, 1.54) is 19.4 Å². The number of hydrogen-bond donors (Lipinski definition) is 3. The Morgan fingerprint density at radius 3 is 2.82 bits per heavy atom. The maximum Gasteiger partial charge on any atom is 0.341 e. The van der Waals surface area contributed by atoms with Gasteiger partial charge in [-0.1, -0.05) is 23.7 Å². The first-order chi connectivity index (χ1) is 16.3. The van der Waals surface area contributed by atoms with Crippen molar-refractivity contribution in [1.29, 1.82) is 0 Å². The number of halogens is 2. The Labute approximate surface area is 200 Å². The highest BCUT2D eigenvalue weighted by atomic mass is 35.5. The summed E-state index contributed by atoms with van der Waals surface area (Å²) in [5.41, 5.74) is 0.485. The van der Waals surface area contributed by atoms with Crippen molar-refractivity contribution in [2.45, 2.75) is 38.5 Å². The molecule has 0 amide bonds. The summed E-state index contributed by atoms with van der Waals surface area (Å²) in [4.78, 5) is 24.8. The smallest absolute Gasteiger partial charge is 0.341 e. The number of aliphatic hydroxyl groups is 1. The standard InChI is InChI=1S/C25H26ClFN2O5/c1-34-21-12-20-17(11-16(21)10-15-3-2-4-19(26)23(15)27)24(31)18(25(32)33)13-29(20)8-6-14-5-7-28-22(30)9-14/h2-4,11-14,22,28,30H,5-10H2,1H3,(H,32,33). The van der Waals surface area contributed by atoms with Gasteiger partial charge < -0.3 is 19.5 Å². The lowest BCUT2D eigenvalue weighted by Crippen LogP contribution is -2.38. The summed E-state index contributed by atoms with van der Waals surface area (Å²) < 4.78 is 21.8. The lowest BCUT2D eigenvalue weighted by Gasteiger charge is -2.27. The summed E-state index contributed by atoms with van der Waals surface area (Å²) in [7, 11) is 1.49. The normalized spacial score (nSPS) is 18.2. The molecule has 1 aliphatic heterocycles. The van der Waals surface area contributed by atoms with Crippen LogP contribution in [0.15, 0.2) is 41.3 Å². The maximum absolute atomic E-state index is 14.5. The molecule has 2 atom stereocenters. The lowest BCUT2D eigenvalue weighted by molar-refractivity contribution is 0.0694. The van der Waals surface area contributed by atoms with Gasteiger partial charge in [0.1, 0.15) is 23.4 Å². The van der Waals surface area contributed by atoms with E-state index in [0.717, 1.165) is 6.42 Å². The number of carbonyl (C=O) groups is 1. The molecule has 4 rings (SSSR count). The largest absolute Gasteiger partial charge is 0.496 e. The number of aromatic nitrogens is 1. The number of rotatable bonds is 7. The van der Waals surface area contributed by atoms with E-state index in [1.54, 1.807) is 28.8 Å². The summed E-state index contributed by atoms with van der Waals surface area (Å²) in [6.45, 7) is 1.19. The molecule has 2 aromatic carbocycles. The highest BCUT2D eigenvalue weighted by Gasteiger charge is 2.22. The zero-order valence-electron chi connectivity index (χ0n) is 18.7. The minimum atomic E-state index is -1.31. The Hall–Kier alpha value is -2.94. The molecule has 1 aliphatic rings. The summed E-state index contributed by atoms with van der Waals surface area (Å²) in [6.07, 6.45) is 3.17. The van der Waals surface area contributed by atoms with Crippen molar-refractivity contribution in [3.05, 3.63) is 74.3 Å². The second kappa shape index (κ2) is 10.1. The van der Waals surface area contributed by atoms with Gasteiger partial charge in [0.25, 0.3) is 0 Å². The van der Waals surface area contributed by atoms with Crippen LogP contribution in [0.1, 0.15) is 40.7 Å². The van der Waals surface area contributed by atoms with E-state index in [-0.39, 0.29) is 28.3 Å². The molecular weight excluding hydrogens is 463 g/mol. The van der Waals surface area contributed by atoms with Crippen LogP contribution in [0.4, 0.5) is 4.39 Å². The van der Waals surface area contributed by atoms with E-state index in [1.807, 2.05) is 0 Å². The number of nitrogens with zero attached hydrogens (tertiary/aromatic N) is 1. The number of hydrogen-bond acceptors (Lipinski definition) is 5. The van der Waals surface area contributed by atoms with Crippen molar-refractivity contribution >= 4 is 28.5 Å². The van der Waals surface area contributed by atoms with Gasteiger partial charge in [-0.2, -0.15) is 0 Å². The minimum absolute atomic E-state index is 0.00388. The highest BCUT2D eigenvalue weighted by molar-refractivity contribution is 6.30. The molecule has 9 heteroatoms. The SMILES string of the molecule is COc1cc2c(cc1Cc1cccc(Cl)c1F)c(=O)c(C(=O)O)cn2CCC1CCNC(O)C1. The number of ether oxygens (including phenoxy) is 1. The Morgan fingerprint density at radius 2 is 2.12 bits per heavy atom. The number of carboxylic acids is 1. The maximum atomic E-state index is 14.5. The number of nitrogens with one attached hydrogen (secondary N) is 1. The van der Waals surface area contributed by atoms with Crippen LogP contribution >= 0.6 is 11.6 Å². The van der Waals surface area contributed by atoms with Crippen LogP contribution in [0, 0.1) is 11.7 Å². The molecule has 2 heterocycles. The number of aryl methyl sites for hydroxylation is 1. The summed E-state index contributed by atoms with van der Waals surface area (Å²) in [5.74, 6) is -1.13. The van der Waals surface area contributed by atoms with Crippen LogP contribution in [0.5, 0.6) is 5.75 Å². The molecule has 1 saturated heterocycles. The average molecular weight is 489 g/mol. The van der Waals surface area contributed by atoms with Crippen LogP contribution in [0.25, 0.3) is 10.9 Å². The van der Waals surface area contributed by atoms with Gasteiger partial charge in [0, 0.05) is 30.6 Å². The molecule has 3 aromatic rings. The number of benzene rings is 2. The number of pyridine rings is 1. The van der Waals surface area contributed by atoms with Crippen LogP contribution in [0.2, 0.25) is 5.02 Å². The number of aliphatic hydroxyl groups excluding tert-OH is 1. The van der Waals surface area contributed by atoms with Crippen molar-refractivity contribution < 1.29 is 24.1 Å². The third kappa shape index (κ3) is 4.94. The predicted octanol–water partition coefficient (Wildman–Crippen LogP) is 3.80. The fraction of sp³-hybridized carbons (Fsp3) is 0.360. The van der Waals surface area contributed by atoms with Gasteiger partial charge in [0.05, 0.1) is 17.6 Å². The molecular formula is C25H26ClFN2O5. The molecule has 34 heavy (non-hydrogen) atoms. The fourth-order valence-corrected chi connectivity index (χ4v) is 4.77. The summed E-state index contributed by atoms with van der Waals surface area (Å²) in [5, 5.41) is 22.7. The Kier molecular flexibility index (Phi) is 7.21. The number of methoxy groups -OCH3 is 1. The van der Waals surface area contributed by atoms with Crippen molar-refractivity contribution in [3.8, 4) is 5.75 Å². The molecule has 0 aliphatic carbocycles. The van der Waals surface area contributed by atoms with Gasteiger partial charge in [-0.15, -0.1) is 0 Å². The first-order valence-electron chi connectivity index (χ1n) is 11.1. The Balaban J connectivity index is 1.78. The van der Waals surface area contributed by atoms with E-state index in [9.17, 15) is 24.2 Å². The van der Waals surface area contributed by atoms with Crippen molar-refractivity contribution in [2.24, 2.45) is 5.92 Å². The summed E-state index contributed by atoms with van der Waals surface area (Å²) in [6, 6.07) is 7.97. The number of piperidine rings is 1. The van der Waals surface area contributed by atoms with Gasteiger partial charge in [0.2, 0.25) is 5.43 Å². The minimum Gasteiger partial charge on any atom is -0.496 e. The molecule has 0 spiro atoms. The monoisotopic (exact) mass is 488 g/mol. The Bertz CT molecular complexity index is 1290. The van der Waals surface area contributed by atoms with Gasteiger partial charge in [0.15, 0.2) is 0 Å². The second-order valence-electron chi connectivity index (χ2n) is 8.59. The third-order valence-electron chi connectivity index (χ3n) is 6.39. The van der Waals surface area contributed by atoms with Crippen LogP contribution in [-0.2, 0) is 13.0 Å². The lowest BCUT2D eigenvalue weighted by atomic mass is 9.93. The van der Waals surface area contributed by atoms with Crippen molar-refractivity contribution in [1.82, 2.24) is 9.88 Å². The Morgan fingerprint density at radius 1 is 1.32 bits per heavy atom. The molecule has 2 unspecified atom stereocenters. The molecule has 0 bridgehead atoms. The fourth-order valence-electron chi connectivity index (χ4n) is 4.57. The zero-order chi connectivity index (χ0) is 24.4. The molecule has 0 saturated carbocycles. The van der Waals surface area contributed by atoms with Crippen LogP contribution < -0.4 is 15.5 Å². The topological polar surface area (TPSA) is 101 Å². The van der Waals surface area contributed by atoms with Crippen LogP contribution in [-0.4, -0.2) is 40.6 Å². The van der Waals surface area contributed by atoms with E-state index in [4.69, 9.17) is 16.3 Å². The van der Waals surface area contributed by atoms with Crippen LogP contribution in [0.3, 0.4) is 0 Å². The molecule has 7 nitrogen and oxygen atoms in total. The molecule has 1 aromatic heterocycles. The number of fused-ring (bicyclic) bond motifs is 1. The van der Waals surface area contributed by atoms with E-state index in [2.05, 4.69) is 5.32 Å². The van der Waals surface area contributed by atoms with Gasteiger partial charge in [-0.3, -0.25) is 10.1 Å².